The van der Waals surface area contributed by atoms with Crippen molar-refractivity contribution >= 4 is 5.97 Å². The molecule has 0 spiro atoms. The Morgan fingerprint density at radius 2 is 2.33 bits per heavy atom. The van der Waals surface area contributed by atoms with Gasteiger partial charge in [-0.3, -0.25) is 9.78 Å². The maximum absolute atomic E-state index is 11.0. The van der Waals surface area contributed by atoms with Gasteiger partial charge in [0.25, 0.3) is 0 Å². The maximum atomic E-state index is 11.0. The minimum atomic E-state index is -0.642. The molecule has 2 rings (SSSR count). The van der Waals surface area contributed by atoms with Crippen LogP contribution in [0.25, 0.3) is 0 Å². The van der Waals surface area contributed by atoms with E-state index in [2.05, 4.69) is 16.4 Å². The molecule has 1 saturated carbocycles. The Morgan fingerprint density at radius 3 is 3.00 bits per heavy atom. The summed E-state index contributed by atoms with van der Waals surface area (Å²) >= 11 is 0. The molecular formula is C14H20N2O2. The number of hydrogen-bond donors (Lipinski definition) is 2. The minimum Gasteiger partial charge on any atom is -0.481 e. The smallest absolute Gasteiger partial charge is 0.306 e. The number of aryl methyl sites for hydroxylation is 1. The van der Waals surface area contributed by atoms with E-state index in [1.165, 1.54) is 0 Å². The Kier molecular flexibility index (Phi) is 4.31. The van der Waals surface area contributed by atoms with E-state index >= 15 is 0 Å². The van der Waals surface area contributed by atoms with Crippen molar-refractivity contribution < 1.29 is 9.90 Å². The van der Waals surface area contributed by atoms with Gasteiger partial charge in [0.1, 0.15) is 0 Å². The number of rotatable bonds is 5. The van der Waals surface area contributed by atoms with Gasteiger partial charge in [-0.05, 0) is 43.9 Å². The third-order valence-electron chi connectivity index (χ3n) is 3.68. The highest BCUT2D eigenvalue weighted by molar-refractivity contribution is 5.70. The van der Waals surface area contributed by atoms with Crippen molar-refractivity contribution in [3.8, 4) is 0 Å². The molecular weight excluding hydrogens is 228 g/mol. The Hall–Kier alpha value is -1.42. The molecule has 0 saturated heterocycles. The zero-order valence-corrected chi connectivity index (χ0v) is 10.7. The van der Waals surface area contributed by atoms with E-state index in [0.29, 0.717) is 0 Å². The molecule has 1 heterocycles. The van der Waals surface area contributed by atoms with Gasteiger partial charge in [0.2, 0.25) is 0 Å². The van der Waals surface area contributed by atoms with E-state index in [9.17, 15) is 4.79 Å². The molecule has 2 unspecified atom stereocenters. The summed E-state index contributed by atoms with van der Waals surface area (Å²) < 4.78 is 0. The van der Waals surface area contributed by atoms with Crippen LogP contribution in [0.5, 0.6) is 0 Å². The zero-order valence-electron chi connectivity index (χ0n) is 10.7. The Morgan fingerprint density at radius 1 is 1.50 bits per heavy atom. The van der Waals surface area contributed by atoms with Crippen LogP contribution in [0.3, 0.4) is 0 Å². The lowest BCUT2D eigenvalue weighted by molar-refractivity contribution is -0.142. The van der Waals surface area contributed by atoms with Crippen molar-refractivity contribution in [2.45, 2.75) is 32.7 Å². The quantitative estimate of drug-likeness (QED) is 0.836. The summed E-state index contributed by atoms with van der Waals surface area (Å²) in [5.41, 5.74) is 2.16. The lowest BCUT2D eigenvalue weighted by Gasteiger charge is -2.16. The normalized spacial score (nSPS) is 23.2. The van der Waals surface area contributed by atoms with Gasteiger partial charge in [-0.2, -0.15) is 0 Å². The van der Waals surface area contributed by atoms with Crippen molar-refractivity contribution in [2.24, 2.45) is 11.8 Å². The standard InChI is InChI=1S/C14H20N2O2/c1-10-5-6-11(8-16-10)7-15-9-12-3-2-4-13(12)14(17)18/h5-6,8,12-13,15H,2-4,7,9H2,1H3,(H,17,18). The van der Waals surface area contributed by atoms with Gasteiger partial charge in [-0.15, -0.1) is 0 Å². The Bertz CT molecular complexity index is 403. The van der Waals surface area contributed by atoms with Crippen molar-refractivity contribution in [3.63, 3.8) is 0 Å². The molecule has 4 heteroatoms. The first kappa shape index (κ1) is 13.0. The number of nitrogens with one attached hydrogen (secondary N) is 1. The highest BCUT2D eigenvalue weighted by atomic mass is 16.4. The second-order valence-corrected chi connectivity index (χ2v) is 5.07. The topological polar surface area (TPSA) is 62.2 Å². The van der Waals surface area contributed by atoms with Gasteiger partial charge in [-0.1, -0.05) is 12.5 Å². The van der Waals surface area contributed by atoms with Crippen molar-refractivity contribution in [2.75, 3.05) is 6.54 Å². The predicted molar refractivity (Wildman–Crippen MR) is 69.1 cm³/mol. The molecule has 1 fully saturated rings. The van der Waals surface area contributed by atoms with Gasteiger partial charge in [-0.25, -0.2) is 0 Å². The van der Waals surface area contributed by atoms with Gasteiger partial charge in [0.05, 0.1) is 5.92 Å². The van der Waals surface area contributed by atoms with Crippen LogP contribution < -0.4 is 5.32 Å². The predicted octanol–water partition coefficient (Wildman–Crippen LogP) is 1.98. The molecule has 1 aromatic heterocycles. The number of hydrogen-bond acceptors (Lipinski definition) is 3. The minimum absolute atomic E-state index is 0.159. The van der Waals surface area contributed by atoms with E-state index in [0.717, 1.165) is 43.6 Å². The van der Waals surface area contributed by atoms with Crippen molar-refractivity contribution in [3.05, 3.63) is 29.6 Å². The summed E-state index contributed by atoms with van der Waals surface area (Å²) in [5.74, 6) is -0.522. The van der Waals surface area contributed by atoms with Crippen LogP contribution in [0.15, 0.2) is 18.3 Å². The number of carbonyl (C=O) groups is 1. The molecule has 4 nitrogen and oxygen atoms in total. The number of carboxylic acid groups (broad SMARTS) is 1. The number of aromatic nitrogens is 1. The molecule has 1 aliphatic rings. The summed E-state index contributed by atoms with van der Waals surface area (Å²) in [6.45, 7) is 3.51. The molecule has 98 valence electrons. The number of aliphatic carboxylic acids is 1. The largest absolute Gasteiger partial charge is 0.481 e. The molecule has 2 atom stereocenters. The first-order chi connectivity index (χ1) is 8.66. The summed E-state index contributed by atoms with van der Waals surface area (Å²) in [4.78, 5) is 15.3. The van der Waals surface area contributed by atoms with Crippen molar-refractivity contribution in [1.82, 2.24) is 10.3 Å². The monoisotopic (exact) mass is 248 g/mol. The highest BCUT2D eigenvalue weighted by Crippen LogP contribution is 2.31. The maximum Gasteiger partial charge on any atom is 0.306 e. The number of carboxylic acids is 1. The van der Waals surface area contributed by atoms with Crippen LogP contribution in [0.2, 0.25) is 0 Å². The molecule has 0 aromatic carbocycles. The fraction of sp³-hybridized carbons (Fsp3) is 0.571. The summed E-state index contributed by atoms with van der Waals surface area (Å²) in [6, 6.07) is 4.05. The third-order valence-corrected chi connectivity index (χ3v) is 3.68. The Labute approximate surface area is 107 Å². The molecule has 2 N–H and O–H groups in total. The molecule has 0 amide bonds. The SMILES string of the molecule is Cc1ccc(CNCC2CCCC2C(=O)O)cn1. The molecule has 0 aliphatic heterocycles. The number of pyridine rings is 1. The lowest BCUT2D eigenvalue weighted by atomic mass is 9.96. The van der Waals surface area contributed by atoms with Gasteiger partial charge >= 0.3 is 5.97 Å². The fourth-order valence-electron chi connectivity index (χ4n) is 2.61. The molecule has 1 aliphatic carbocycles. The molecule has 0 radical (unpaired) electrons. The second kappa shape index (κ2) is 5.96. The Balaban J connectivity index is 1.78. The molecule has 1 aromatic rings. The van der Waals surface area contributed by atoms with Crippen LogP contribution >= 0.6 is 0 Å². The summed E-state index contributed by atoms with van der Waals surface area (Å²) in [6.07, 6.45) is 4.75. The van der Waals surface area contributed by atoms with Crippen molar-refractivity contribution in [1.29, 1.82) is 0 Å². The summed E-state index contributed by atoms with van der Waals surface area (Å²) in [7, 11) is 0. The highest BCUT2D eigenvalue weighted by Gasteiger charge is 2.32. The lowest BCUT2D eigenvalue weighted by Crippen LogP contribution is -2.28. The van der Waals surface area contributed by atoms with Gasteiger partial charge in [0, 0.05) is 18.4 Å². The van der Waals surface area contributed by atoms with E-state index in [1.54, 1.807) is 0 Å². The van der Waals surface area contributed by atoms with Gasteiger partial charge in [0.15, 0.2) is 0 Å². The van der Waals surface area contributed by atoms with Crippen LogP contribution in [0.1, 0.15) is 30.5 Å². The van der Waals surface area contributed by atoms with Gasteiger partial charge < -0.3 is 10.4 Å². The summed E-state index contributed by atoms with van der Waals surface area (Å²) in [5, 5.41) is 12.4. The molecule has 18 heavy (non-hydrogen) atoms. The first-order valence-corrected chi connectivity index (χ1v) is 6.52. The van der Waals surface area contributed by atoms with Crippen LogP contribution in [0.4, 0.5) is 0 Å². The first-order valence-electron chi connectivity index (χ1n) is 6.52. The number of nitrogens with zero attached hydrogens (tertiary/aromatic N) is 1. The van der Waals surface area contributed by atoms with E-state index in [1.807, 2.05) is 19.2 Å². The molecule has 0 bridgehead atoms. The van der Waals surface area contributed by atoms with E-state index < -0.39 is 5.97 Å². The average Bonchev–Trinajstić information content (AvgIpc) is 2.80. The van der Waals surface area contributed by atoms with Crippen LogP contribution in [-0.4, -0.2) is 22.6 Å². The average molecular weight is 248 g/mol. The fourth-order valence-corrected chi connectivity index (χ4v) is 2.61. The second-order valence-electron chi connectivity index (χ2n) is 5.07. The zero-order chi connectivity index (χ0) is 13.0. The van der Waals surface area contributed by atoms with Crippen LogP contribution in [-0.2, 0) is 11.3 Å². The van der Waals surface area contributed by atoms with Crippen LogP contribution in [0, 0.1) is 18.8 Å². The third kappa shape index (κ3) is 3.29. The van der Waals surface area contributed by atoms with E-state index in [-0.39, 0.29) is 11.8 Å². The van der Waals surface area contributed by atoms with E-state index in [4.69, 9.17) is 5.11 Å².